The smallest absolute Gasteiger partial charge is 0.306 e. The Labute approximate surface area is 282 Å². The number of hydrogen-bond acceptors (Lipinski definition) is 5. The van der Waals surface area contributed by atoms with Crippen LogP contribution in [-0.2, 0) is 19.1 Å². The summed E-state index contributed by atoms with van der Waals surface area (Å²) in [6.45, 7) is 3.82. The highest BCUT2D eigenvalue weighted by Gasteiger charge is 2.16. The van der Waals surface area contributed by atoms with Crippen molar-refractivity contribution in [2.45, 2.75) is 148 Å². The third kappa shape index (κ3) is 34.0. The third-order valence-electron chi connectivity index (χ3n) is 7.28. The van der Waals surface area contributed by atoms with Crippen molar-refractivity contribution in [2.75, 3.05) is 13.2 Å². The number of carbonyl (C=O) groups is 2. The maximum absolute atomic E-state index is 12.1. The van der Waals surface area contributed by atoms with Gasteiger partial charge in [-0.2, -0.15) is 0 Å². The van der Waals surface area contributed by atoms with Crippen molar-refractivity contribution in [2.24, 2.45) is 0 Å². The van der Waals surface area contributed by atoms with Crippen molar-refractivity contribution >= 4 is 11.9 Å². The molecule has 0 rings (SSSR count). The first-order valence-electron chi connectivity index (χ1n) is 18.2. The molecule has 0 amide bonds. The van der Waals surface area contributed by atoms with Gasteiger partial charge in [-0.3, -0.25) is 9.59 Å². The van der Waals surface area contributed by atoms with Crippen LogP contribution in [0.3, 0.4) is 0 Å². The molecule has 1 unspecified atom stereocenters. The lowest BCUT2D eigenvalue weighted by Crippen LogP contribution is -2.28. The quantitative estimate of drug-likeness (QED) is 0.0354. The zero-order valence-corrected chi connectivity index (χ0v) is 29.3. The van der Waals surface area contributed by atoms with Crippen LogP contribution < -0.4 is 0 Å². The highest BCUT2D eigenvalue weighted by molar-refractivity contribution is 5.70. The molecule has 1 atom stereocenters. The molecule has 0 heterocycles. The van der Waals surface area contributed by atoms with E-state index in [0.717, 1.165) is 70.6 Å². The Morgan fingerprint density at radius 3 is 1.59 bits per heavy atom. The lowest BCUT2D eigenvalue weighted by molar-refractivity contribution is -0.161. The van der Waals surface area contributed by atoms with Gasteiger partial charge in [0.15, 0.2) is 6.10 Å². The number of aliphatic hydroxyl groups excluding tert-OH is 1. The van der Waals surface area contributed by atoms with Crippen molar-refractivity contribution in [3.05, 3.63) is 85.1 Å². The molecule has 0 aliphatic heterocycles. The zero-order chi connectivity index (χ0) is 33.6. The van der Waals surface area contributed by atoms with Gasteiger partial charge in [0, 0.05) is 12.8 Å². The fraction of sp³-hybridized carbons (Fsp3) is 0.610. The molecule has 1 N–H and O–H groups in total. The van der Waals surface area contributed by atoms with E-state index in [-0.39, 0.29) is 25.2 Å². The van der Waals surface area contributed by atoms with Crippen LogP contribution in [-0.4, -0.2) is 36.4 Å². The first-order valence-corrected chi connectivity index (χ1v) is 18.2. The molecule has 0 aromatic heterocycles. The van der Waals surface area contributed by atoms with Gasteiger partial charge in [-0.25, -0.2) is 0 Å². The maximum Gasteiger partial charge on any atom is 0.306 e. The standard InChI is InChI=1S/C41H66O5/c1-3-5-7-9-11-13-15-17-18-19-20-21-22-24-26-28-30-32-34-36-41(44)46-39(37-42)38-45-40(43)35-33-31-29-27-25-23-16-14-12-10-8-6-4-2/h5-8,10-14,16-18,23,25,39,42H,3-4,9,15,19-22,24,26-38H2,1-2H3/b7-5+,8-6+,12-10+,13-11+,16-14+,18-17+,25-23+. The Kier molecular flexibility index (Phi) is 34.2. The average molecular weight is 639 g/mol. The van der Waals surface area contributed by atoms with E-state index in [4.69, 9.17) is 9.47 Å². The second kappa shape index (κ2) is 36.5. The normalized spacial score (nSPS) is 13.2. The predicted molar refractivity (Wildman–Crippen MR) is 196 cm³/mol. The summed E-state index contributed by atoms with van der Waals surface area (Å²) in [6.07, 6.45) is 49.3. The summed E-state index contributed by atoms with van der Waals surface area (Å²) in [5.41, 5.74) is 0. The van der Waals surface area contributed by atoms with Crippen LogP contribution in [0.2, 0.25) is 0 Å². The molecule has 260 valence electrons. The molecule has 5 heteroatoms. The van der Waals surface area contributed by atoms with Crippen molar-refractivity contribution < 1.29 is 24.2 Å². The van der Waals surface area contributed by atoms with Crippen molar-refractivity contribution in [1.29, 1.82) is 0 Å². The van der Waals surface area contributed by atoms with Crippen molar-refractivity contribution in [1.82, 2.24) is 0 Å². The summed E-state index contributed by atoms with van der Waals surface area (Å²) in [4.78, 5) is 24.2. The summed E-state index contributed by atoms with van der Waals surface area (Å²) in [7, 11) is 0. The summed E-state index contributed by atoms with van der Waals surface area (Å²) in [5.74, 6) is -0.653. The molecule has 0 aromatic rings. The Morgan fingerprint density at radius 2 is 0.978 bits per heavy atom. The zero-order valence-electron chi connectivity index (χ0n) is 29.3. The number of hydrogen-bond donors (Lipinski definition) is 1. The van der Waals surface area contributed by atoms with Gasteiger partial charge < -0.3 is 14.6 Å². The molecular weight excluding hydrogens is 572 g/mol. The minimum absolute atomic E-state index is 0.0936. The first-order chi connectivity index (χ1) is 22.6. The molecule has 0 aliphatic rings. The number of aliphatic hydroxyl groups is 1. The molecule has 0 aromatic carbocycles. The number of ether oxygens (including phenoxy) is 2. The summed E-state index contributed by atoms with van der Waals surface area (Å²) in [5, 5.41) is 9.53. The number of unbranched alkanes of at least 4 members (excludes halogenated alkanes) is 12. The van der Waals surface area contributed by atoms with E-state index in [1.807, 2.05) is 36.5 Å². The van der Waals surface area contributed by atoms with Gasteiger partial charge in [0.2, 0.25) is 0 Å². The minimum Gasteiger partial charge on any atom is -0.462 e. The molecule has 0 fully saturated rings. The van der Waals surface area contributed by atoms with E-state index in [0.29, 0.717) is 12.8 Å². The molecule has 0 aliphatic carbocycles. The SMILES string of the molecule is CC/C=C/C=C/C=C/C=C/CCCCCC(=O)OCC(CO)OC(=O)CCCCCCCCCCC/C=C/C/C=C/C/C=C/CC. The van der Waals surface area contributed by atoms with Crippen LogP contribution in [0.1, 0.15) is 142 Å². The average Bonchev–Trinajstić information content (AvgIpc) is 3.06. The van der Waals surface area contributed by atoms with Crippen molar-refractivity contribution in [3.8, 4) is 0 Å². The van der Waals surface area contributed by atoms with Gasteiger partial charge in [-0.15, -0.1) is 0 Å². The summed E-state index contributed by atoms with van der Waals surface area (Å²) < 4.78 is 10.5. The van der Waals surface area contributed by atoms with E-state index in [1.54, 1.807) is 0 Å². The van der Waals surface area contributed by atoms with Crippen LogP contribution >= 0.6 is 0 Å². The van der Waals surface area contributed by atoms with Gasteiger partial charge in [0.25, 0.3) is 0 Å². The van der Waals surface area contributed by atoms with E-state index >= 15 is 0 Å². The van der Waals surface area contributed by atoms with Gasteiger partial charge in [-0.1, -0.05) is 150 Å². The van der Waals surface area contributed by atoms with Gasteiger partial charge >= 0.3 is 11.9 Å². The number of rotatable bonds is 31. The Bertz CT molecular complexity index is 906. The number of carbonyl (C=O) groups excluding carboxylic acids is 2. The summed E-state index contributed by atoms with van der Waals surface area (Å²) >= 11 is 0. The fourth-order valence-corrected chi connectivity index (χ4v) is 4.58. The minimum atomic E-state index is -0.794. The number of allylic oxidation sites excluding steroid dienone is 14. The monoisotopic (exact) mass is 638 g/mol. The largest absolute Gasteiger partial charge is 0.462 e. The van der Waals surface area contributed by atoms with Crippen LogP contribution in [0.4, 0.5) is 0 Å². The highest BCUT2D eigenvalue weighted by Crippen LogP contribution is 2.12. The highest BCUT2D eigenvalue weighted by atomic mass is 16.6. The van der Waals surface area contributed by atoms with Crippen LogP contribution in [0.25, 0.3) is 0 Å². The van der Waals surface area contributed by atoms with Crippen LogP contribution in [0.5, 0.6) is 0 Å². The first kappa shape index (κ1) is 43.1. The van der Waals surface area contributed by atoms with Crippen LogP contribution in [0, 0.1) is 0 Å². The van der Waals surface area contributed by atoms with Gasteiger partial charge in [0.1, 0.15) is 6.61 Å². The second-order valence-corrected chi connectivity index (χ2v) is 11.6. The Balaban J connectivity index is 3.65. The van der Waals surface area contributed by atoms with E-state index in [1.165, 1.54) is 44.9 Å². The second-order valence-electron chi connectivity index (χ2n) is 11.6. The Hall–Kier alpha value is -2.92. The molecular formula is C41H66O5. The van der Waals surface area contributed by atoms with E-state index < -0.39 is 6.10 Å². The lowest BCUT2D eigenvalue weighted by Gasteiger charge is -2.15. The maximum atomic E-state index is 12.1. The van der Waals surface area contributed by atoms with E-state index in [2.05, 4.69) is 62.5 Å². The van der Waals surface area contributed by atoms with Crippen LogP contribution in [0.15, 0.2) is 85.1 Å². The fourth-order valence-electron chi connectivity index (χ4n) is 4.58. The molecule has 0 radical (unpaired) electrons. The molecule has 0 bridgehead atoms. The van der Waals surface area contributed by atoms with Gasteiger partial charge in [0.05, 0.1) is 6.61 Å². The number of esters is 2. The summed E-state index contributed by atoms with van der Waals surface area (Å²) in [6, 6.07) is 0. The van der Waals surface area contributed by atoms with E-state index in [9.17, 15) is 14.7 Å². The molecule has 5 nitrogen and oxygen atoms in total. The molecule has 0 spiro atoms. The topological polar surface area (TPSA) is 72.8 Å². The Morgan fingerprint density at radius 1 is 0.522 bits per heavy atom. The third-order valence-corrected chi connectivity index (χ3v) is 7.28. The predicted octanol–water partition coefficient (Wildman–Crippen LogP) is 11.2. The molecule has 0 saturated heterocycles. The van der Waals surface area contributed by atoms with Crippen molar-refractivity contribution in [3.63, 3.8) is 0 Å². The molecule has 46 heavy (non-hydrogen) atoms. The van der Waals surface area contributed by atoms with Gasteiger partial charge in [-0.05, 0) is 64.2 Å². The molecule has 0 saturated carbocycles. The lowest BCUT2D eigenvalue weighted by atomic mass is 10.1.